The monoisotopic (exact) mass is 246 g/mol. The third kappa shape index (κ3) is 2.46. The predicted molar refractivity (Wildman–Crippen MR) is 66.4 cm³/mol. The Morgan fingerprint density at radius 2 is 2.28 bits per heavy atom. The van der Waals surface area contributed by atoms with Gasteiger partial charge in [-0.05, 0) is 18.2 Å². The molecule has 2 heterocycles. The summed E-state index contributed by atoms with van der Waals surface area (Å²) in [4.78, 5) is 15.9. The maximum atomic E-state index is 12.0. The lowest BCUT2D eigenvalue weighted by molar-refractivity contribution is 0.0950. The van der Waals surface area contributed by atoms with Gasteiger partial charge in [0.05, 0.1) is 17.8 Å². The fourth-order valence-electron chi connectivity index (χ4n) is 1.54. The van der Waals surface area contributed by atoms with Gasteiger partial charge in [-0.1, -0.05) is 0 Å². The molecule has 4 N–H and O–H groups in total. The molecule has 0 unspecified atom stereocenters. The van der Waals surface area contributed by atoms with Crippen molar-refractivity contribution in [3.05, 3.63) is 41.9 Å². The van der Waals surface area contributed by atoms with Gasteiger partial charge in [-0.2, -0.15) is 5.10 Å². The highest BCUT2D eigenvalue weighted by Crippen LogP contribution is 2.09. The molecule has 2 aromatic heterocycles. The summed E-state index contributed by atoms with van der Waals surface area (Å²) in [6.45, 7) is 0.397. The number of carbonyl (C=O) groups is 1. The number of hydrogen-bond donors (Lipinski definition) is 3. The molecule has 0 radical (unpaired) electrons. The Kier molecular flexibility index (Phi) is 3.54. The zero-order valence-corrected chi connectivity index (χ0v) is 9.92. The second kappa shape index (κ2) is 5.28. The highest BCUT2D eigenvalue weighted by Gasteiger charge is 2.11. The molecule has 0 aliphatic heterocycles. The Morgan fingerprint density at radius 3 is 2.94 bits per heavy atom. The van der Waals surface area contributed by atoms with E-state index in [9.17, 15) is 4.79 Å². The zero-order chi connectivity index (χ0) is 13.0. The van der Waals surface area contributed by atoms with Gasteiger partial charge in [-0.15, -0.1) is 0 Å². The molecule has 0 fully saturated rings. The van der Waals surface area contributed by atoms with E-state index in [-0.39, 0.29) is 5.91 Å². The van der Waals surface area contributed by atoms with Crippen LogP contribution in [0.15, 0.2) is 30.6 Å². The van der Waals surface area contributed by atoms with Crippen LogP contribution in [0.1, 0.15) is 16.1 Å². The summed E-state index contributed by atoms with van der Waals surface area (Å²) in [6, 6.07) is 5.17. The van der Waals surface area contributed by atoms with Gasteiger partial charge in [0.1, 0.15) is 0 Å². The molecule has 2 aromatic rings. The number of carbonyl (C=O) groups excluding carboxylic acids is 1. The van der Waals surface area contributed by atoms with Gasteiger partial charge in [0.25, 0.3) is 5.91 Å². The van der Waals surface area contributed by atoms with Gasteiger partial charge in [-0.3, -0.25) is 9.48 Å². The van der Waals surface area contributed by atoms with Crippen LogP contribution < -0.4 is 16.6 Å². The van der Waals surface area contributed by atoms with Crippen molar-refractivity contribution in [1.29, 1.82) is 0 Å². The van der Waals surface area contributed by atoms with Gasteiger partial charge >= 0.3 is 0 Å². The second-order valence-electron chi connectivity index (χ2n) is 3.67. The van der Waals surface area contributed by atoms with Gasteiger partial charge in [0.15, 0.2) is 5.82 Å². The average Bonchev–Trinajstić information content (AvgIpc) is 2.81. The summed E-state index contributed by atoms with van der Waals surface area (Å²) in [6.07, 6.45) is 3.24. The van der Waals surface area contributed by atoms with Crippen molar-refractivity contribution in [1.82, 2.24) is 20.1 Å². The van der Waals surface area contributed by atoms with Gasteiger partial charge in [-0.25, -0.2) is 10.8 Å². The number of aryl methyl sites for hydroxylation is 1. The lowest BCUT2D eigenvalue weighted by Gasteiger charge is -2.08. The number of nitrogens with zero attached hydrogens (tertiary/aromatic N) is 3. The minimum absolute atomic E-state index is 0.239. The molecule has 0 aliphatic carbocycles. The van der Waals surface area contributed by atoms with Crippen LogP contribution in [0.3, 0.4) is 0 Å². The second-order valence-corrected chi connectivity index (χ2v) is 3.67. The number of aromatic nitrogens is 3. The number of hydrazine groups is 1. The molecule has 7 nitrogen and oxygen atoms in total. The molecule has 0 spiro atoms. The number of hydrogen-bond acceptors (Lipinski definition) is 5. The number of pyridine rings is 1. The molecular formula is C11H14N6O. The van der Waals surface area contributed by atoms with E-state index in [0.717, 1.165) is 5.69 Å². The first-order valence-corrected chi connectivity index (χ1v) is 5.39. The molecule has 18 heavy (non-hydrogen) atoms. The number of amides is 1. The van der Waals surface area contributed by atoms with Gasteiger partial charge in [0.2, 0.25) is 0 Å². The molecule has 0 bridgehead atoms. The van der Waals surface area contributed by atoms with E-state index < -0.39 is 0 Å². The summed E-state index contributed by atoms with van der Waals surface area (Å²) in [5, 5.41) is 6.80. The van der Waals surface area contributed by atoms with Crippen LogP contribution in [-0.2, 0) is 13.6 Å². The van der Waals surface area contributed by atoms with Crippen molar-refractivity contribution < 1.29 is 4.79 Å². The molecule has 0 aromatic carbocycles. The van der Waals surface area contributed by atoms with Crippen LogP contribution in [0, 0.1) is 0 Å². The molecule has 7 heteroatoms. The number of nitrogens with two attached hydrogens (primary N) is 1. The Morgan fingerprint density at radius 1 is 1.44 bits per heavy atom. The summed E-state index contributed by atoms with van der Waals surface area (Å²) in [5.41, 5.74) is 3.71. The molecule has 0 saturated heterocycles. The topological polar surface area (TPSA) is 97.9 Å². The van der Waals surface area contributed by atoms with Crippen molar-refractivity contribution in [3.8, 4) is 0 Å². The van der Waals surface area contributed by atoms with Crippen LogP contribution in [0.2, 0.25) is 0 Å². The van der Waals surface area contributed by atoms with Crippen molar-refractivity contribution in [2.24, 2.45) is 12.9 Å². The molecule has 94 valence electrons. The molecule has 0 aliphatic rings. The summed E-state index contributed by atoms with van der Waals surface area (Å²) in [5.74, 6) is 5.41. The third-order valence-electron chi connectivity index (χ3n) is 2.54. The maximum absolute atomic E-state index is 12.0. The van der Waals surface area contributed by atoms with Crippen LogP contribution in [0.25, 0.3) is 0 Å². The van der Waals surface area contributed by atoms with E-state index in [1.165, 1.54) is 0 Å². The number of rotatable bonds is 4. The minimum atomic E-state index is -0.239. The van der Waals surface area contributed by atoms with Gasteiger partial charge in [0, 0.05) is 19.4 Å². The highest BCUT2D eigenvalue weighted by atomic mass is 16.1. The van der Waals surface area contributed by atoms with Crippen molar-refractivity contribution >= 4 is 11.7 Å². The fraction of sp³-hybridized carbons (Fsp3) is 0.182. The number of anilines is 1. The Hall–Kier alpha value is -2.41. The quantitative estimate of drug-likeness (QED) is 0.522. The van der Waals surface area contributed by atoms with Crippen LogP contribution in [-0.4, -0.2) is 20.7 Å². The lowest BCUT2D eigenvalue weighted by atomic mass is 10.2. The molecule has 1 amide bonds. The van der Waals surface area contributed by atoms with Crippen LogP contribution in [0.4, 0.5) is 5.82 Å². The van der Waals surface area contributed by atoms with Crippen LogP contribution >= 0.6 is 0 Å². The van der Waals surface area contributed by atoms with Crippen molar-refractivity contribution in [2.45, 2.75) is 6.54 Å². The standard InChI is InChI=1S/C11H14N6O/c1-17-8(4-6-15-17)7-14-11(18)9-3-2-5-13-10(9)16-12/h2-6H,7,12H2,1H3,(H,13,16)(H,14,18). The van der Waals surface area contributed by atoms with E-state index in [4.69, 9.17) is 5.84 Å². The molecular weight excluding hydrogens is 232 g/mol. The summed E-state index contributed by atoms with van der Waals surface area (Å²) in [7, 11) is 1.82. The Balaban J connectivity index is 2.06. The highest BCUT2D eigenvalue weighted by molar-refractivity contribution is 5.98. The Labute approximate surface area is 104 Å². The first-order valence-electron chi connectivity index (χ1n) is 5.39. The summed E-state index contributed by atoms with van der Waals surface area (Å²) >= 11 is 0. The van der Waals surface area contributed by atoms with Gasteiger partial charge < -0.3 is 10.7 Å². The van der Waals surface area contributed by atoms with E-state index in [1.54, 1.807) is 29.2 Å². The summed E-state index contributed by atoms with van der Waals surface area (Å²) < 4.78 is 1.70. The van der Waals surface area contributed by atoms with Crippen molar-refractivity contribution in [3.63, 3.8) is 0 Å². The fourth-order valence-corrected chi connectivity index (χ4v) is 1.54. The normalized spacial score (nSPS) is 10.1. The first-order chi connectivity index (χ1) is 8.72. The SMILES string of the molecule is Cn1nccc1CNC(=O)c1cccnc1NN. The average molecular weight is 246 g/mol. The van der Waals surface area contributed by atoms with Crippen molar-refractivity contribution in [2.75, 3.05) is 5.43 Å². The third-order valence-corrected chi connectivity index (χ3v) is 2.54. The predicted octanol–water partition coefficient (Wildman–Crippen LogP) is 0.0307. The minimum Gasteiger partial charge on any atom is -0.346 e. The largest absolute Gasteiger partial charge is 0.346 e. The molecule has 2 rings (SSSR count). The van der Waals surface area contributed by atoms with E-state index in [0.29, 0.717) is 17.9 Å². The maximum Gasteiger partial charge on any atom is 0.255 e. The number of nitrogens with one attached hydrogen (secondary N) is 2. The molecule has 0 saturated carbocycles. The Bertz CT molecular complexity index is 550. The van der Waals surface area contributed by atoms with E-state index in [2.05, 4.69) is 20.8 Å². The first kappa shape index (κ1) is 12.1. The smallest absolute Gasteiger partial charge is 0.255 e. The number of nitrogen functional groups attached to an aromatic ring is 1. The van der Waals surface area contributed by atoms with E-state index >= 15 is 0 Å². The van der Waals surface area contributed by atoms with E-state index in [1.807, 2.05) is 13.1 Å². The van der Waals surface area contributed by atoms with Crippen LogP contribution in [0.5, 0.6) is 0 Å². The molecule has 0 atom stereocenters. The zero-order valence-electron chi connectivity index (χ0n) is 9.92. The lowest BCUT2D eigenvalue weighted by Crippen LogP contribution is -2.26.